The lowest BCUT2D eigenvalue weighted by Crippen LogP contribution is -2.24. The molecule has 0 N–H and O–H groups in total. The Kier molecular flexibility index (Phi) is 3.53. The van der Waals surface area contributed by atoms with Crippen LogP contribution in [0.4, 0.5) is 0 Å². The van der Waals surface area contributed by atoms with E-state index in [4.69, 9.17) is 9.68 Å². The molecule has 2 aromatic heterocycles. The van der Waals surface area contributed by atoms with Crippen molar-refractivity contribution in [3.8, 4) is 6.07 Å². The Morgan fingerprint density at radius 2 is 2.21 bits per heavy atom. The highest BCUT2D eigenvalue weighted by Crippen LogP contribution is 2.13. The van der Waals surface area contributed by atoms with Gasteiger partial charge in [0.15, 0.2) is 5.76 Å². The first-order valence-corrected chi connectivity index (χ1v) is 5.68. The second kappa shape index (κ2) is 5.27. The number of hydrogen-bond acceptors (Lipinski definition) is 4. The van der Waals surface area contributed by atoms with Gasteiger partial charge >= 0.3 is 0 Å². The number of nitriles is 1. The molecule has 19 heavy (non-hydrogen) atoms. The third-order valence-corrected chi connectivity index (χ3v) is 2.59. The first kappa shape index (κ1) is 12.7. The zero-order valence-corrected chi connectivity index (χ0v) is 10.7. The summed E-state index contributed by atoms with van der Waals surface area (Å²) in [5, 5.41) is 11.0. The van der Waals surface area contributed by atoms with Gasteiger partial charge in [-0.3, -0.25) is 9.47 Å². The van der Waals surface area contributed by atoms with Gasteiger partial charge in [-0.15, -0.1) is 0 Å². The van der Waals surface area contributed by atoms with Crippen LogP contribution in [0.15, 0.2) is 46.7 Å². The number of carbonyl (C=O) groups is 1. The summed E-state index contributed by atoms with van der Waals surface area (Å²) in [7, 11) is 3.75. The molecule has 0 unspecified atom stereocenters. The summed E-state index contributed by atoms with van der Waals surface area (Å²) in [5.41, 5.74) is 0.790. The second-order valence-electron chi connectivity index (χ2n) is 4.10. The van der Waals surface area contributed by atoms with E-state index in [2.05, 4.69) is 0 Å². The molecule has 0 radical (unpaired) electrons. The van der Waals surface area contributed by atoms with Crippen molar-refractivity contribution >= 4 is 11.9 Å². The molecule has 0 aromatic carbocycles. The fourth-order valence-electron chi connectivity index (χ4n) is 1.70. The van der Waals surface area contributed by atoms with Crippen molar-refractivity contribution in [2.45, 2.75) is 0 Å². The number of allylic oxidation sites excluding steroid dienone is 1. The van der Waals surface area contributed by atoms with Crippen molar-refractivity contribution in [3.05, 3.63) is 53.8 Å². The minimum absolute atomic E-state index is 0.0387. The molecule has 0 atom stereocenters. The van der Waals surface area contributed by atoms with Crippen LogP contribution >= 0.6 is 0 Å². The lowest BCUT2D eigenvalue weighted by Gasteiger charge is -2.16. The average Bonchev–Trinajstić information content (AvgIpc) is 3.05. The predicted octanol–water partition coefficient (Wildman–Crippen LogP) is 2.07. The van der Waals surface area contributed by atoms with Gasteiger partial charge in [-0.05, 0) is 30.3 Å². The van der Waals surface area contributed by atoms with E-state index in [1.54, 1.807) is 18.2 Å². The van der Waals surface area contributed by atoms with Crippen molar-refractivity contribution in [3.63, 3.8) is 0 Å². The van der Waals surface area contributed by atoms with E-state index in [0.29, 0.717) is 0 Å². The maximum atomic E-state index is 12.0. The lowest BCUT2D eigenvalue weighted by atomic mass is 10.1. The van der Waals surface area contributed by atoms with E-state index < -0.39 is 5.78 Å². The summed E-state index contributed by atoms with van der Waals surface area (Å²) in [4.78, 5) is 12.0. The molecule has 5 heteroatoms. The molecule has 0 amide bonds. The number of furan rings is 1. The zero-order chi connectivity index (χ0) is 13.8. The molecule has 0 aliphatic rings. The van der Waals surface area contributed by atoms with Gasteiger partial charge in [0.2, 0.25) is 5.78 Å². The highest BCUT2D eigenvalue weighted by atomic mass is 16.3. The molecule has 0 saturated heterocycles. The van der Waals surface area contributed by atoms with Crippen LogP contribution in [0.1, 0.15) is 16.2 Å². The normalized spacial score (nSPS) is 11.1. The van der Waals surface area contributed by atoms with Crippen LogP contribution in [0.2, 0.25) is 0 Å². The number of aromatic nitrogens is 1. The van der Waals surface area contributed by atoms with Gasteiger partial charge in [0.05, 0.1) is 12.0 Å². The molecule has 0 spiro atoms. The molecule has 0 bridgehead atoms. The minimum atomic E-state index is -0.418. The lowest BCUT2D eigenvalue weighted by molar-refractivity contribution is 0.101. The number of Topliss-reactive ketones (excluding diaryl/α,β-unsaturated/α-hetero) is 1. The maximum absolute atomic E-state index is 12.0. The Hall–Kier alpha value is -2.74. The number of hydrogen-bond donors (Lipinski definition) is 0. The van der Waals surface area contributed by atoms with E-state index in [1.165, 1.54) is 6.26 Å². The van der Waals surface area contributed by atoms with Gasteiger partial charge in [0.25, 0.3) is 0 Å². The van der Waals surface area contributed by atoms with Crippen LogP contribution in [-0.4, -0.2) is 24.6 Å². The first-order valence-electron chi connectivity index (χ1n) is 5.68. The number of carbonyl (C=O) groups excluding carboxylic acids is 1. The van der Waals surface area contributed by atoms with Gasteiger partial charge < -0.3 is 9.43 Å². The van der Waals surface area contributed by atoms with E-state index in [1.807, 2.05) is 48.2 Å². The van der Waals surface area contributed by atoms with Gasteiger partial charge in [-0.25, -0.2) is 0 Å². The summed E-state index contributed by atoms with van der Waals surface area (Å²) in [5.74, 6) is -0.255. The van der Waals surface area contributed by atoms with Crippen molar-refractivity contribution in [1.82, 2.24) is 4.68 Å². The van der Waals surface area contributed by atoms with Crippen molar-refractivity contribution in [2.75, 3.05) is 19.1 Å². The zero-order valence-electron chi connectivity index (χ0n) is 10.7. The Balaban J connectivity index is 2.37. The third kappa shape index (κ3) is 2.58. The molecule has 2 rings (SSSR count). The number of nitrogens with zero attached hydrogens (tertiary/aromatic N) is 3. The third-order valence-electron chi connectivity index (χ3n) is 2.59. The summed E-state index contributed by atoms with van der Waals surface area (Å²) >= 11 is 0. The SMILES string of the molecule is CN(C)n1cccc1/C=C(/C#N)C(=O)c1ccco1. The summed E-state index contributed by atoms with van der Waals surface area (Å²) < 4.78 is 6.84. The van der Waals surface area contributed by atoms with E-state index in [-0.39, 0.29) is 11.3 Å². The van der Waals surface area contributed by atoms with Crippen LogP contribution in [0, 0.1) is 11.3 Å². The Labute approximate surface area is 110 Å². The highest BCUT2D eigenvalue weighted by Gasteiger charge is 2.15. The molecular formula is C14H13N3O2. The molecule has 2 heterocycles. The largest absolute Gasteiger partial charge is 0.461 e. The van der Waals surface area contributed by atoms with Gasteiger partial charge in [-0.1, -0.05) is 0 Å². The summed E-state index contributed by atoms with van der Waals surface area (Å²) in [6, 6.07) is 8.74. The number of ketones is 1. The van der Waals surface area contributed by atoms with Gasteiger partial charge in [0.1, 0.15) is 11.6 Å². The molecule has 2 aromatic rings. The highest BCUT2D eigenvalue weighted by molar-refractivity contribution is 6.12. The molecule has 96 valence electrons. The molecule has 0 saturated carbocycles. The van der Waals surface area contributed by atoms with Crippen molar-refractivity contribution in [2.24, 2.45) is 0 Å². The van der Waals surface area contributed by atoms with Crippen LogP contribution in [0.25, 0.3) is 6.08 Å². The molecule has 0 aliphatic heterocycles. The standard InChI is InChI=1S/C14H13N3O2/c1-16(2)17-7-3-5-12(17)9-11(10-15)14(18)13-6-4-8-19-13/h3-9H,1-2H3/b11-9-. The summed E-state index contributed by atoms with van der Waals surface area (Å²) in [6.07, 6.45) is 4.80. The Bertz CT molecular complexity index is 643. The molecule has 0 aliphatic carbocycles. The molecule has 5 nitrogen and oxygen atoms in total. The minimum Gasteiger partial charge on any atom is -0.461 e. The monoisotopic (exact) mass is 255 g/mol. The predicted molar refractivity (Wildman–Crippen MR) is 71.1 cm³/mol. The molecule has 0 fully saturated rings. The maximum Gasteiger partial charge on any atom is 0.238 e. The van der Waals surface area contributed by atoms with Crippen LogP contribution < -0.4 is 5.01 Å². The molecular weight excluding hydrogens is 242 g/mol. The number of rotatable bonds is 4. The van der Waals surface area contributed by atoms with E-state index >= 15 is 0 Å². The Morgan fingerprint density at radius 1 is 1.42 bits per heavy atom. The smallest absolute Gasteiger partial charge is 0.238 e. The van der Waals surface area contributed by atoms with E-state index in [9.17, 15) is 4.79 Å². The second-order valence-corrected chi connectivity index (χ2v) is 4.10. The fourth-order valence-corrected chi connectivity index (χ4v) is 1.70. The fraction of sp³-hybridized carbons (Fsp3) is 0.143. The van der Waals surface area contributed by atoms with Crippen LogP contribution in [0.5, 0.6) is 0 Å². The quantitative estimate of drug-likeness (QED) is 0.476. The van der Waals surface area contributed by atoms with Crippen LogP contribution in [-0.2, 0) is 0 Å². The topological polar surface area (TPSA) is 62.2 Å². The van der Waals surface area contributed by atoms with E-state index in [0.717, 1.165) is 5.69 Å². The average molecular weight is 255 g/mol. The van der Waals surface area contributed by atoms with Crippen molar-refractivity contribution in [1.29, 1.82) is 5.26 Å². The van der Waals surface area contributed by atoms with Crippen molar-refractivity contribution < 1.29 is 9.21 Å². The van der Waals surface area contributed by atoms with Gasteiger partial charge in [-0.2, -0.15) is 5.26 Å². The van der Waals surface area contributed by atoms with Gasteiger partial charge in [0, 0.05) is 20.3 Å². The first-order chi connectivity index (χ1) is 9.13. The van der Waals surface area contributed by atoms with Crippen LogP contribution in [0.3, 0.4) is 0 Å². The summed E-state index contributed by atoms with van der Waals surface area (Å²) in [6.45, 7) is 0. The Morgan fingerprint density at radius 3 is 2.79 bits per heavy atom.